The number of nitrogens with zero attached hydrogens (tertiary/aromatic N) is 1. The van der Waals surface area contributed by atoms with Gasteiger partial charge in [-0.1, -0.05) is 42.0 Å². The predicted octanol–water partition coefficient (Wildman–Crippen LogP) is 3.30. The second-order valence-corrected chi connectivity index (χ2v) is 5.42. The molecule has 0 fully saturated rings. The van der Waals surface area contributed by atoms with E-state index < -0.39 is 0 Å². The first-order valence-corrected chi connectivity index (χ1v) is 7.08. The number of H-pyrrole nitrogens is 1. The van der Waals surface area contributed by atoms with Crippen LogP contribution in [-0.4, -0.2) is 9.97 Å². The lowest BCUT2D eigenvalue weighted by Crippen LogP contribution is -2.08. The highest BCUT2D eigenvalue weighted by molar-refractivity contribution is 5.68. The summed E-state index contributed by atoms with van der Waals surface area (Å²) in [6, 6.07) is 15.1. The molecule has 3 rings (SSSR count). The molecule has 0 atom stereocenters. The topological polar surface area (TPSA) is 71.8 Å². The summed E-state index contributed by atoms with van der Waals surface area (Å²) < 4.78 is 0. The highest BCUT2D eigenvalue weighted by atomic mass is 16.1. The smallest absolute Gasteiger partial charge is 0.251 e. The molecule has 1 heterocycles. The lowest BCUT2D eigenvalue weighted by molar-refractivity contribution is 1.13. The van der Waals surface area contributed by atoms with Gasteiger partial charge in [0.2, 0.25) is 0 Å². The Morgan fingerprint density at radius 1 is 0.955 bits per heavy atom. The van der Waals surface area contributed by atoms with E-state index in [0.717, 1.165) is 22.3 Å². The van der Waals surface area contributed by atoms with E-state index in [9.17, 15) is 4.79 Å². The molecule has 1 aromatic heterocycles. The van der Waals surface area contributed by atoms with Crippen molar-refractivity contribution >= 4 is 5.69 Å². The van der Waals surface area contributed by atoms with Crippen LogP contribution in [0, 0.1) is 13.8 Å². The molecule has 110 valence electrons. The van der Waals surface area contributed by atoms with Gasteiger partial charge in [-0.05, 0) is 25.5 Å². The van der Waals surface area contributed by atoms with Gasteiger partial charge in [-0.2, -0.15) is 0 Å². The van der Waals surface area contributed by atoms with Crippen LogP contribution in [0.15, 0.2) is 53.3 Å². The number of aromatic amines is 1. The van der Waals surface area contributed by atoms with E-state index in [-0.39, 0.29) is 5.56 Å². The largest absolute Gasteiger partial charge is 0.398 e. The summed E-state index contributed by atoms with van der Waals surface area (Å²) in [5.74, 6) is 0.557. The van der Waals surface area contributed by atoms with Crippen LogP contribution < -0.4 is 11.3 Å². The minimum Gasteiger partial charge on any atom is -0.398 e. The number of hydrogen-bond acceptors (Lipinski definition) is 3. The summed E-state index contributed by atoms with van der Waals surface area (Å²) in [5, 5.41) is 0. The second kappa shape index (κ2) is 5.48. The molecule has 0 saturated heterocycles. The van der Waals surface area contributed by atoms with Gasteiger partial charge in [0.05, 0.1) is 5.69 Å². The average Bonchev–Trinajstić information content (AvgIpc) is 2.50. The minimum atomic E-state index is -0.181. The fourth-order valence-electron chi connectivity index (χ4n) is 2.25. The van der Waals surface area contributed by atoms with Gasteiger partial charge in [0.25, 0.3) is 5.56 Å². The summed E-state index contributed by atoms with van der Waals surface area (Å²) in [7, 11) is 0. The first kappa shape index (κ1) is 14.1. The molecule has 22 heavy (non-hydrogen) atoms. The third kappa shape index (κ3) is 2.76. The molecule has 0 amide bonds. The molecule has 0 aliphatic heterocycles. The number of aryl methyl sites for hydroxylation is 2. The number of nitrogens with one attached hydrogen (secondary N) is 1. The third-order valence-electron chi connectivity index (χ3n) is 3.64. The second-order valence-electron chi connectivity index (χ2n) is 5.42. The number of anilines is 1. The summed E-state index contributed by atoms with van der Waals surface area (Å²) >= 11 is 0. The fraction of sp³-hybridized carbons (Fsp3) is 0.111. The molecule has 3 N–H and O–H groups in total. The molecule has 4 heteroatoms. The van der Waals surface area contributed by atoms with E-state index in [4.69, 9.17) is 5.73 Å². The third-order valence-corrected chi connectivity index (χ3v) is 3.64. The molecule has 0 radical (unpaired) electrons. The van der Waals surface area contributed by atoms with Gasteiger partial charge in [0, 0.05) is 22.9 Å². The zero-order chi connectivity index (χ0) is 15.7. The zero-order valence-electron chi connectivity index (χ0n) is 12.6. The Kier molecular flexibility index (Phi) is 3.51. The molecule has 4 nitrogen and oxygen atoms in total. The Bertz CT molecular complexity index is 880. The Morgan fingerprint density at radius 3 is 2.32 bits per heavy atom. The van der Waals surface area contributed by atoms with Crippen molar-refractivity contribution in [3.63, 3.8) is 0 Å². The van der Waals surface area contributed by atoms with E-state index in [0.29, 0.717) is 17.2 Å². The lowest BCUT2D eigenvalue weighted by Gasteiger charge is -2.07. The maximum absolute atomic E-state index is 11.9. The van der Waals surface area contributed by atoms with Crippen molar-refractivity contribution < 1.29 is 0 Å². The normalized spacial score (nSPS) is 10.6. The van der Waals surface area contributed by atoms with Gasteiger partial charge >= 0.3 is 0 Å². The van der Waals surface area contributed by atoms with Crippen LogP contribution in [-0.2, 0) is 0 Å². The van der Waals surface area contributed by atoms with Gasteiger partial charge in [0.1, 0.15) is 5.82 Å². The van der Waals surface area contributed by atoms with Crippen molar-refractivity contribution in [3.05, 3.63) is 70.0 Å². The van der Waals surface area contributed by atoms with Gasteiger partial charge < -0.3 is 10.7 Å². The molecule has 0 aliphatic rings. The lowest BCUT2D eigenvalue weighted by atomic mass is 10.1. The summed E-state index contributed by atoms with van der Waals surface area (Å²) in [6.45, 7) is 3.97. The van der Waals surface area contributed by atoms with Crippen LogP contribution in [0.2, 0.25) is 0 Å². The maximum atomic E-state index is 11.9. The number of aromatic nitrogens is 2. The number of nitrogens with two attached hydrogens (primary N) is 1. The number of benzene rings is 2. The van der Waals surface area contributed by atoms with Gasteiger partial charge in [-0.25, -0.2) is 4.98 Å². The Hall–Kier alpha value is -2.88. The first-order valence-electron chi connectivity index (χ1n) is 7.08. The quantitative estimate of drug-likeness (QED) is 0.712. The molecule has 0 bridgehead atoms. The molecule has 0 aliphatic carbocycles. The summed E-state index contributed by atoms with van der Waals surface area (Å²) in [5.41, 5.74) is 11.0. The number of rotatable bonds is 2. The van der Waals surface area contributed by atoms with E-state index in [1.54, 1.807) is 0 Å². The minimum absolute atomic E-state index is 0.181. The first-order chi connectivity index (χ1) is 10.5. The van der Waals surface area contributed by atoms with Crippen LogP contribution in [0.5, 0.6) is 0 Å². The standard InChI is InChI=1S/C18H17N3O/c1-11-3-6-13(7-4-11)18-20-16(10-17(22)21-18)14-8-5-12(2)15(19)9-14/h3-10H,19H2,1-2H3,(H,20,21,22). The van der Waals surface area contributed by atoms with Crippen LogP contribution in [0.3, 0.4) is 0 Å². The zero-order valence-corrected chi connectivity index (χ0v) is 12.6. The van der Waals surface area contributed by atoms with E-state index in [2.05, 4.69) is 9.97 Å². The van der Waals surface area contributed by atoms with E-state index in [1.165, 1.54) is 6.07 Å². The van der Waals surface area contributed by atoms with Crippen molar-refractivity contribution in [1.82, 2.24) is 9.97 Å². The molecule has 0 unspecified atom stereocenters. The summed E-state index contributed by atoms with van der Waals surface area (Å²) in [4.78, 5) is 19.3. The van der Waals surface area contributed by atoms with Crippen molar-refractivity contribution in [3.8, 4) is 22.6 Å². The molecule has 0 spiro atoms. The van der Waals surface area contributed by atoms with E-state index in [1.807, 2.05) is 56.3 Å². The number of hydrogen-bond donors (Lipinski definition) is 2. The SMILES string of the molecule is Cc1ccc(-c2nc(-c3ccc(C)c(N)c3)cc(=O)[nH]2)cc1. The monoisotopic (exact) mass is 291 g/mol. The predicted molar refractivity (Wildman–Crippen MR) is 89.6 cm³/mol. The van der Waals surface area contributed by atoms with Gasteiger partial charge in [-0.3, -0.25) is 4.79 Å². The summed E-state index contributed by atoms with van der Waals surface area (Å²) in [6.07, 6.45) is 0. The van der Waals surface area contributed by atoms with Crippen LogP contribution >= 0.6 is 0 Å². The molecular weight excluding hydrogens is 274 g/mol. The van der Waals surface area contributed by atoms with Gasteiger partial charge in [0.15, 0.2) is 0 Å². The van der Waals surface area contributed by atoms with Crippen molar-refractivity contribution in [2.75, 3.05) is 5.73 Å². The van der Waals surface area contributed by atoms with Crippen LogP contribution in [0.1, 0.15) is 11.1 Å². The van der Waals surface area contributed by atoms with Crippen molar-refractivity contribution in [2.45, 2.75) is 13.8 Å². The fourth-order valence-corrected chi connectivity index (χ4v) is 2.25. The highest BCUT2D eigenvalue weighted by Crippen LogP contribution is 2.23. The molecule has 3 aromatic rings. The Morgan fingerprint density at radius 2 is 1.64 bits per heavy atom. The Balaban J connectivity index is 2.12. The average molecular weight is 291 g/mol. The molecule has 2 aromatic carbocycles. The maximum Gasteiger partial charge on any atom is 0.251 e. The van der Waals surface area contributed by atoms with E-state index >= 15 is 0 Å². The number of nitrogen functional groups attached to an aromatic ring is 1. The van der Waals surface area contributed by atoms with Crippen molar-refractivity contribution in [1.29, 1.82) is 0 Å². The van der Waals surface area contributed by atoms with Crippen molar-refractivity contribution in [2.24, 2.45) is 0 Å². The molecular formula is C18H17N3O. The highest BCUT2D eigenvalue weighted by Gasteiger charge is 2.07. The van der Waals surface area contributed by atoms with Crippen LogP contribution in [0.25, 0.3) is 22.6 Å². The van der Waals surface area contributed by atoms with Gasteiger partial charge in [-0.15, -0.1) is 0 Å². The Labute approximate surface area is 128 Å². The van der Waals surface area contributed by atoms with Crippen LogP contribution in [0.4, 0.5) is 5.69 Å². The molecule has 0 saturated carbocycles.